The zero-order chi connectivity index (χ0) is 30.0. The van der Waals surface area contributed by atoms with Crippen molar-refractivity contribution in [3.05, 3.63) is 78.4 Å². The Bertz CT molecular complexity index is 1190. The zero-order valence-electron chi connectivity index (χ0n) is 25.4. The van der Waals surface area contributed by atoms with Crippen LogP contribution >= 0.6 is 0 Å². The molecule has 0 N–H and O–H groups in total. The third kappa shape index (κ3) is 11.6. The fourth-order valence-electron chi connectivity index (χ4n) is 4.44. The van der Waals surface area contributed by atoms with Gasteiger partial charge in [-0.2, -0.15) is 0 Å². The second kappa shape index (κ2) is 18.6. The molecule has 3 aromatic rings. The number of carbonyl (C=O) groups excluding carboxylic acids is 2. The summed E-state index contributed by atoms with van der Waals surface area (Å²) >= 11 is 0. The van der Waals surface area contributed by atoms with E-state index in [0.717, 1.165) is 49.0 Å². The molecule has 3 rings (SSSR count). The van der Waals surface area contributed by atoms with E-state index in [4.69, 9.17) is 18.9 Å². The number of rotatable bonds is 19. The summed E-state index contributed by atoms with van der Waals surface area (Å²) in [5.74, 6) is 1.05. The van der Waals surface area contributed by atoms with Crippen LogP contribution in [0.3, 0.4) is 0 Å². The van der Waals surface area contributed by atoms with Gasteiger partial charge in [-0.1, -0.05) is 89.5 Å². The molecule has 0 amide bonds. The number of unbranched alkanes of at least 4 members (excludes halogenated alkanes) is 8. The predicted molar refractivity (Wildman–Crippen MR) is 167 cm³/mol. The Morgan fingerprint density at radius 2 is 1.10 bits per heavy atom. The molecule has 1 atom stereocenters. The van der Waals surface area contributed by atoms with E-state index in [0.29, 0.717) is 30.3 Å². The number of carbonyl (C=O) groups is 2. The summed E-state index contributed by atoms with van der Waals surface area (Å²) in [6, 6.07) is 21.9. The fraction of sp³-hybridized carbons (Fsp3) is 0.444. The van der Waals surface area contributed by atoms with E-state index < -0.39 is 12.1 Å². The smallest absolute Gasteiger partial charge is 0.347 e. The summed E-state index contributed by atoms with van der Waals surface area (Å²) in [7, 11) is 0. The molecule has 0 radical (unpaired) electrons. The van der Waals surface area contributed by atoms with Crippen molar-refractivity contribution in [1.82, 2.24) is 0 Å². The SMILES string of the molecule is CCCCCCCCOc1ccc(C(=O)Oc2ccc(-c3ccc(OC(C)C(=O)OCCCCCC)cc3)cc2)cc1. The van der Waals surface area contributed by atoms with Crippen molar-refractivity contribution in [2.45, 2.75) is 91.1 Å². The second-order valence-corrected chi connectivity index (χ2v) is 10.6. The Morgan fingerprint density at radius 1 is 0.595 bits per heavy atom. The average Bonchev–Trinajstić information content (AvgIpc) is 3.01. The van der Waals surface area contributed by atoms with Crippen LogP contribution in [0.15, 0.2) is 72.8 Å². The quantitative estimate of drug-likeness (QED) is 0.0807. The van der Waals surface area contributed by atoms with Crippen molar-refractivity contribution >= 4 is 11.9 Å². The largest absolute Gasteiger partial charge is 0.494 e. The molecule has 0 fully saturated rings. The molecule has 0 saturated carbocycles. The lowest BCUT2D eigenvalue weighted by molar-refractivity contribution is -0.151. The van der Waals surface area contributed by atoms with Gasteiger partial charge in [-0.25, -0.2) is 9.59 Å². The summed E-state index contributed by atoms with van der Waals surface area (Å²) in [5, 5.41) is 0. The van der Waals surface area contributed by atoms with E-state index in [1.54, 1.807) is 31.2 Å². The molecule has 1 unspecified atom stereocenters. The Morgan fingerprint density at radius 3 is 1.71 bits per heavy atom. The Hall–Kier alpha value is -3.80. The normalized spacial score (nSPS) is 11.5. The van der Waals surface area contributed by atoms with Crippen molar-refractivity contribution in [1.29, 1.82) is 0 Å². The lowest BCUT2D eigenvalue weighted by atomic mass is 10.1. The molecule has 0 bridgehead atoms. The lowest BCUT2D eigenvalue weighted by Crippen LogP contribution is -2.26. The van der Waals surface area contributed by atoms with Gasteiger partial charge in [0.05, 0.1) is 18.8 Å². The Labute approximate surface area is 251 Å². The summed E-state index contributed by atoms with van der Waals surface area (Å²) in [4.78, 5) is 24.8. The molecule has 0 heterocycles. The lowest BCUT2D eigenvalue weighted by Gasteiger charge is -2.14. The molecular formula is C36H46O6. The van der Waals surface area contributed by atoms with Gasteiger partial charge in [0.1, 0.15) is 17.2 Å². The third-order valence-corrected chi connectivity index (χ3v) is 7.00. The minimum atomic E-state index is -0.676. The van der Waals surface area contributed by atoms with Gasteiger partial charge in [0.15, 0.2) is 6.10 Å². The highest BCUT2D eigenvalue weighted by atomic mass is 16.6. The van der Waals surface area contributed by atoms with Crippen molar-refractivity contribution in [3.8, 4) is 28.4 Å². The van der Waals surface area contributed by atoms with Crippen LogP contribution in [0.4, 0.5) is 0 Å². The molecule has 0 spiro atoms. The van der Waals surface area contributed by atoms with Gasteiger partial charge in [0.2, 0.25) is 0 Å². The molecule has 3 aromatic carbocycles. The number of esters is 2. The molecule has 0 aromatic heterocycles. The maximum atomic E-state index is 12.6. The monoisotopic (exact) mass is 574 g/mol. The number of hydrogen-bond donors (Lipinski definition) is 0. The highest BCUT2D eigenvalue weighted by Gasteiger charge is 2.16. The van der Waals surface area contributed by atoms with Gasteiger partial charge >= 0.3 is 11.9 Å². The van der Waals surface area contributed by atoms with Crippen molar-refractivity contribution in [2.75, 3.05) is 13.2 Å². The van der Waals surface area contributed by atoms with E-state index in [1.807, 2.05) is 48.5 Å². The van der Waals surface area contributed by atoms with Gasteiger partial charge < -0.3 is 18.9 Å². The Balaban J connectivity index is 1.42. The molecule has 0 aliphatic heterocycles. The number of benzene rings is 3. The van der Waals surface area contributed by atoms with Crippen LogP contribution in [0.2, 0.25) is 0 Å². The molecule has 42 heavy (non-hydrogen) atoms. The van der Waals surface area contributed by atoms with Crippen LogP contribution in [-0.2, 0) is 9.53 Å². The van der Waals surface area contributed by atoms with Crippen LogP contribution in [0, 0.1) is 0 Å². The molecule has 0 aliphatic rings. The molecule has 0 saturated heterocycles. The van der Waals surface area contributed by atoms with Crippen LogP contribution < -0.4 is 14.2 Å². The first-order valence-electron chi connectivity index (χ1n) is 15.5. The van der Waals surface area contributed by atoms with Crippen LogP contribution in [0.5, 0.6) is 17.2 Å². The van der Waals surface area contributed by atoms with Gasteiger partial charge in [0.25, 0.3) is 0 Å². The van der Waals surface area contributed by atoms with Gasteiger partial charge in [-0.05, 0) is 79.4 Å². The summed E-state index contributed by atoms with van der Waals surface area (Å²) in [6.45, 7) is 7.18. The van der Waals surface area contributed by atoms with Crippen LogP contribution in [0.1, 0.15) is 95.3 Å². The van der Waals surface area contributed by atoms with Gasteiger partial charge in [0, 0.05) is 0 Å². The average molecular weight is 575 g/mol. The second-order valence-electron chi connectivity index (χ2n) is 10.6. The first-order chi connectivity index (χ1) is 20.5. The highest BCUT2D eigenvalue weighted by Crippen LogP contribution is 2.26. The van der Waals surface area contributed by atoms with E-state index in [9.17, 15) is 9.59 Å². The van der Waals surface area contributed by atoms with Crippen molar-refractivity contribution in [3.63, 3.8) is 0 Å². The summed E-state index contributed by atoms with van der Waals surface area (Å²) in [6.07, 6.45) is 10.9. The third-order valence-electron chi connectivity index (χ3n) is 7.00. The number of ether oxygens (including phenoxy) is 4. The van der Waals surface area contributed by atoms with E-state index in [-0.39, 0.29) is 5.97 Å². The van der Waals surface area contributed by atoms with Crippen molar-refractivity contribution < 1.29 is 28.5 Å². The minimum absolute atomic E-state index is 0.353. The highest BCUT2D eigenvalue weighted by molar-refractivity contribution is 5.91. The summed E-state index contributed by atoms with van der Waals surface area (Å²) in [5.41, 5.74) is 2.41. The maximum Gasteiger partial charge on any atom is 0.347 e. The topological polar surface area (TPSA) is 71.1 Å². The van der Waals surface area contributed by atoms with Gasteiger partial charge in [-0.3, -0.25) is 0 Å². The molecule has 226 valence electrons. The first-order valence-corrected chi connectivity index (χ1v) is 15.5. The van der Waals surface area contributed by atoms with Gasteiger partial charge in [-0.15, -0.1) is 0 Å². The standard InChI is InChI=1S/C36H46O6/c1-4-6-8-10-11-13-26-39-32-20-18-31(19-21-32)36(38)42-34-24-16-30(17-25-34)29-14-22-33(23-15-29)41-28(3)35(37)40-27-12-9-7-5-2/h14-25,28H,4-13,26-27H2,1-3H3. The predicted octanol–water partition coefficient (Wildman–Crippen LogP) is 9.20. The van der Waals surface area contributed by atoms with Crippen molar-refractivity contribution in [2.24, 2.45) is 0 Å². The van der Waals surface area contributed by atoms with E-state index in [1.165, 1.54) is 32.1 Å². The fourth-order valence-corrected chi connectivity index (χ4v) is 4.44. The maximum absolute atomic E-state index is 12.6. The molecule has 6 heteroatoms. The minimum Gasteiger partial charge on any atom is -0.494 e. The summed E-state index contributed by atoms with van der Waals surface area (Å²) < 4.78 is 22.4. The first kappa shape index (κ1) is 32.7. The van der Waals surface area contributed by atoms with Crippen LogP contribution in [0.25, 0.3) is 11.1 Å². The zero-order valence-corrected chi connectivity index (χ0v) is 25.4. The molecule has 0 aliphatic carbocycles. The number of hydrogen-bond acceptors (Lipinski definition) is 6. The molecular weight excluding hydrogens is 528 g/mol. The Kier molecular flexibility index (Phi) is 14.5. The van der Waals surface area contributed by atoms with Crippen LogP contribution in [-0.4, -0.2) is 31.3 Å². The molecule has 6 nitrogen and oxygen atoms in total. The van der Waals surface area contributed by atoms with E-state index in [2.05, 4.69) is 13.8 Å². The van der Waals surface area contributed by atoms with E-state index >= 15 is 0 Å².